The molecule has 0 unspecified atom stereocenters. The molecule has 0 saturated heterocycles. The fourth-order valence-electron chi connectivity index (χ4n) is 8.19. The van der Waals surface area contributed by atoms with Crippen molar-refractivity contribution in [1.29, 1.82) is 5.26 Å². The van der Waals surface area contributed by atoms with Crippen LogP contribution in [0.3, 0.4) is 0 Å². The second-order valence-electron chi connectivity index (χ2n) is 14.3. The minimum absolute atomic E-state index is 0.261. The summed E-state index contributed by atoms with van der Waals surface area (Å²) in [6.07, 6.45) is 0. The van der Waals surface area contributed by atoms with Gasteiger partial charge in [-0.1, -0.05) is 147 Å². The van der Waals surface area contributed by atoms with E-state index in [9.17, 15) is 5.26 Å². The maximum absolute atomic E-state index is 9.30. The fraction of sp³-hybridized carbons (Fsp3) is 0.0612. The molecule has 0 fully saturated rings. The molecule has 10 rings (SSSR count). The minimum Gasteiger partial charge on any atom is -0.455 e. The van der Waals surface area contributed by atoms with Crippen LogP contribution >= 0.6 is 0 Å². The van der Waals surface area contributed by atoms with Gasteiger partial charge in [0.05, 0.1) is 17.2 Å². The molecule has 2 aromatic heterocycles. The Hall–Kier alpha value is -7.16. The largest absolute Gasteiger partial charge is 0.455 e. The predicted molar refractivity (Wildman–Crippen MR) is 217 cm³/mol. The van der Waals surface area contributed by atoms with Gasteiger partial charge in [-0.2, -0.15) is 5.26 Å². The van der Waals surface area contributed by atoms with Crippen molar-refractivity contribution in [3.63, 3.8) is 0 Å². The average molecular weight is 693 g/mol. The van der Waals surface area contributed by atoms with Crippen LogP contribution < -0.4 is 0 Å². The Morgan fingerprint density at radius 1 is 0.481 bits per heavy atom. The first-order valence-corrected chi connectivity index (χ1v) is 18.1. The van der Waals surface area contributed by atoms with Gasteiger partial charge in [0.2, 0.25) is 0 Å². The monoisotopic (exact) mass is 692 g/mol. The zero-order valence-electron chi connectivity index (χ0n) is 29.7. The number of furan rings is 1. The van der Waals surface area contributed by atoms with Gasteiger partial charge in [-0.25, -0.2) is 15.0 Å². The van der Waals surface area contributed by atoms with Gasteiger partial charge in [0, 0.05) is 27.3 Å². The Morgan fingerprint density at radius 2 is 1.11 bits per heavy atom. The highest BCUT2D eigenvalue weighted by Gasteiger charge is 2.38. The molecule has 0 bridgehead atoms. The Morgan fingerprint density at radius 3 is 1.91 bits per heavy atom. The van der Waals surface area contributed by atoms with E-state index in [4.69, 9.17) is 19.4 Å². The van der Waals surface area contributed by atoms with Crippen LogP contribution in [-0.2, 0) is 5.41 Å². The van der Waals surface area contributed by atoms with Gasteiger partial charge in [0.1, 0.15) is 11.2 Å². The van der Waals surface area contributed by atoms with Gasteiger partial charge in [-0.15, -0.1) is 0 Å². The molecular weight excluding hydrogens is 661 g/mol. The lowest BCUT2D eigenvalue weighted by atomic mass is 9.80. The van der Waals surface area contributed by atoms with Crippen molar-refractivity contribution < 1.29 is 4.42 Å². The van der Waals surface area contributed by atoms with Gasteiger partial charge in [-0.05, 0) is 68.8 Å². The van der Waals surface area contributed by atoms with Crippen LogP contribution in [0.2, 0.25) is 0 Å². The molecular formula is C49H32N4O. The van der Waals surface area contributed by atoms with Gasteiger partial charge in [0.25, 0.3) is 0 Å². The Kier molecular flexibility index (Phi) is 7.14. The Labute approximate surface area is 312 Å². The van der Waals surface area contributed by atoms with E-state index in [1.807, 2.05) is 72.8 Å². The molecule has 2 heterocycles. The van der Waals surface area contributed by atoms with Crippen molar-refractivity contribution in [3.05, 3.63) is 174 Å². The maximum atomic E-state index is 9.30. The summed E-state index contributed by atoms with van der Waals surface area (Å²) in [6.45, 7) is 4.58. The third-order valence-corrected chi connectivity index (χ3v) is 10.8. The molecule has 1 aliphatic carbocycles. The molecule has 9 aromatic rings. The molecule has 5 nitrogen and oxygen atoms in total. The number of rotatable bonds is 5. The summed E-state index contributed by atoms with van der Waals surface area (Å²) in [4.78, 5) is 15.8. The first-order chi connectivity index (χ1) is 26.5. The van der Waals surface area contributed by atoms with Crippen LogP contribution in [0.5, 0.6) is 0 Å². The number of fused-ring (bicyclic) bond motifs is 6. The van der Waals surface area contributed by atoms with Gasteiger partial charge in [-0.3, -0.25) is 0 Å². The van der Waals surface area contributed by atoms with E-state index in [0.29, 0.717) is 23.0 Å². The van der Waals surface area contributed by atoms with Crippen molar-refractivity contribution in [3.8, 4) is 73.6 Å². The van der Waals surface area contributed by atoms with E-state index in [1.165, 1.54) is 22.3 Å². The van der Waals surface area contributed by atoms with Crippen molar-refractivity contribution in [2.45, 2.75) is 19.3 Å². The molecule has 0 N–H and O–H groups in total. The lowest BCUT2D eigenvalue weighted by Crippen LogP contribution is -2.17. The van der Waals surface area contributed by atoms with Crippen LogP contribution in [0, 0.1) is 11.3 Å². The van der Waals surface area contributed by atoms with E-state index in [2.05, 4.69) is 105 Å². The van der Waals surface area contributed by atoms with Crippen LogP contribution in [0.15, 0.2) is 162 Å². The first kappa shape index (κ1) is 31.6. The van der Waals surface area contributed by atoms with E-state index < -0.39 is 0 Å². The number of nitriles is 1. The van der Waals surface area contributed by atoms with Crippen LogP contribution in [0.25, 0.3) is 89.5 Å². The van der Waals surface area contributed by atoms with E-state index >= 15 is 0 Å². The number of benzene rings is 7. The molecule has 5 heteroatoms. The summed E-state index contributed by atoms with van der Waals surface area (Å²) in [5.74, 6) is 1.75. The standard InChI is InChI=1S/C49H32N4O/c1-49(2)41-17-8-6-13-36(41)38-15-10-16-40(44(38)49)47-51-46(34-11-4-3-5-12-34)52-48(53-47)43-35(27-28-39-37-14-7-9-18-42(37)54-45(39)43)33-25-23-32(24-26-33)31-21-19-30(29-50)20-22-31/h3-28H,1-2H3. The SMILES string of the molecule is CC1(C)c2ccccc2-c2cccc(-c3nc(-c4ccccc4)nc(-c4c(-c5ccc(-c6ccc(C#N)cc6)cc5)ccc5c4oc4ccccc45)n3)c21. The van der Waals surface area contributed by atoms with E-state index in [1.54, 1.807) is 0 Å². The third-order valence-electron chi connectivity index (χ3n) is 10.8. The van der Waals surface area contributed by atoms with Crippen LogP contribution in [0.4, 0.5) is 0 Å². The van der Waals surface area contributed by atoms with Crippen molar-refractivity contribution in [2.24, 2.45) is 0 Å². The molecule has 0 spiro atoms. The Bertz CT molecular complexity index is 2950. The van der Waals surface area contributed by atoms with Gasteiger partial charge >= 0.3 is 0 Å². The summed E-state index contributed by atoms with van der Waals surface area (Å²) >= 11 is 0. The zero-order chi connectivity index (χ0) is 36.4. The number of nitrogens with zero attached hydrogens (tertiary/aromatic N) is 4. The minimum atomic E-state index is -0.261. The highest BCUT2D eigenvalue weighted by atomic mass is 16.3. The normalized spacial score (nSPS) is 12.8. The third kappa shape index (κ3) is 4.96. The second-order valence-corrected chi connectivity index (χ2v) is 14.3. The van der Waals surface area contributed by atoms with E-state index in [-0.39, 0.29) is 5.41 Å². The molecule has 0 saturated carbocycles. The number of para-hydroxylation sites is 1. The number of hydrogen-bond acceptors (Lipinski definition) is 5. The van der Waals surface area contributed by atoms with Crippen molar-refractivity contribution in [1.82, 2.24) is 15.0 Å². The predicted octanol–water partition coefficient (Wildman–Crippen LogP) is 12.3. The first-order valence-electron chi connectivity index (χ1n) is 18.1. The second kappa shape index (κ2) is 12.2. The molecule has 54 heavy (non-hydrogen) atoms. The topological polar surface area (TPSA) is 75.6 Å². The molecule has 0 aliphatic heterocycles. The summed E-state index contributed by atoms with van der Waals surface area (Å²) in [5.41, 5.74) is 13.6. The fourth-order valence-corrected chi connectivity index (χ4v) is 8.19. The van der Waals surface area contributed by atoms with Gasteiger partial charge in [0.15, 0.2) is 17.5 Å². The van der Waals surface area contributed by atoms with Crippen molar-refractivity contribution >= 4 is 21.9 Å². The highest BCUT2D eigenvalue weighted by molar-refractivity contribution is 6.12. The number of hydrogen-bond donors (Lipinski definition) is 0. The van der Waals surface area contributed by atoms with Crippen LogP contribution in [0.1, 0.15) is 30.5 Å². The lowest BCUT2D eigenvalue weighted by Gasteiger charge is -2.24. The highest BCUT2D eigenvalue weighted by Crippen LogP contribution is 2.52. The molecule has 0 radical (unpaired) electrons. The summed E-state index contributed by atoms with van der Waals surface area (Å²) in [7, 11) is 0. The molecule has 1 aliphatic rings. The lowest BCUT2D eigenvalue weighted by molar-refractivity contribution is 0.661. The molecule has 0 atom stereocenters. The van der Waals surface area contributed by atoms with E-state index in [0.717, 1.165) is 60.9 Å². The molecule has 254 valence electrons. The summed E-state index contributed by atoms with van der Waals surface area (Å²) in [5, 5.41) is 11.3. The molecule has 7 aromatic carbocycles. The van der Waals surface area contributed by atoms with Crippen molar-refractivity contribution in [2.75, 3.05) is 0 Å². The quantitative estimate of drug-likeness (QED) is 0.179. The van der Waals surface area contributed by atoms with Gasteiger partial charge < -0.3 is 4.42 Å². The summed E-state index contributed by atoms with van der Waals surface area (Å²) in [6, 6.07) is 56.0. The number of aromatic nitrogens is 3. The average Bonchev–Trinajstić information content (AvgIpc) is 3.73. The zero-order valence-corrected chi connectivity index (χ0v) is 29.7. The smallest absolute Gasteiger partial charge is 0.168 e. The molecule has 0 amide bonds. The maximum Gasteiger partial charge on any atom is 0.168 e. The van der Waals surface area contributed by atoms with Crippen LogP contribution in [-0.4, -0.2) is 15.0 Å². The summed E-state index contributed by atoms with van der Waals surface area (Å²) < 4.78 is 6.73. The Balaban J connectivity index is 1.23.